The highest BCUT2D eigenvalue weighted by Crippen LogP contribution is 2.67. The summed E-state index contributed by atoms with van der Waals surface area (Å²) in [5, 5.41) is 0. The molecule has 0 aromatic rings. The molecule has 0 N–H and O–H groups in total. The van der Waals surface area contributed by atoms with Gasteiger partial charge in [0.25, 0.3) is 0 Å². The van der Waals surface area contributed by atoms with Crippen LogP contribution in [0.15, 0.2) is 11.6 Å². The van der Waals surface area contributed by atoms with Crippen molar-refractivity contribution >= 4 is 11.9 Å². The van der Waals surface area contributed by atoms with Crippen molar-refractivity contribution in [2.45, 2.75) is 137 Å². The molecule has 0 spiro atoms. The van der Waals surface area contributed by atoms with Crippen molar-refractivity contribution in [1.82, 2.24) is 14.7 Å². The lowest BCUT2D eigenvalue weighted by Crippen LogP contribution is -2.51. The zero-order valence-electron chi connectivity index (χ0n) is 32.1. The Morgan fingerprint density at radius 3 is 2.15 bits per heavy atom. The Morgan fingerprint density at radius 2 is 1.51 bits per heavy atom. The minimum Gasteiger partial charge on any atom is -0.462 e. The van der Waals surface area contributed by atoms with Crippen LogP contribution in [0, 0.1) is 46.3 Å². The summed E-state index contributed by atoms with van der Waals surface area (Å²) >= 11 is 0. The zero-order chi connectivity index (χ0) is 34.4. The lowest BCUT2D eigenvalue weighted by atomic mass is 9.47. The third kappa shape index (κ3) is 9.65. The monoisotopic (exact) mass is 656 g/mol. The number of rotatable bonds is 17. The molecule has 270 valence electrons. The van der Waals surface area contributed by atoms with Crippen LogP contribution in [-0.4, -0.2) is 87.0 Å². The van der Waals surface area contributed by atoms with Gasteiger partial charge in [-0.05, 0) is 145 Å². The van der Waals surface area contributed by atoms with Gasteiger partial charge in [0.15, 0.2) is 0 Å². The van der Waals surface area contributed by atoms with Gasteiger partial charge in [0.2, 0.25) is 5.91 Å². The first-order valence-corrected chi connectivity index (χ1v) is 19.7. The minimum absolute atomic E-state index is 0.0406. The fraction of sp³-hybridized carbons (Fsp3) is 0.902. The largest absolute Gasteiger partial charge is 0.462 e. The smallest absolute Gasteiger partial charge is 0.306 e. The Bertz CT molecular complexity index is 1040. The van der Waals surface area contributed by atoms with Crippen LogP contribution in [-0.2, 0) is 14.3 Å². The Labute approximate surface area is 289 Å². The van der Waals surface area contributed by atoms with Gasteiger partial charge in [-0.25, -0.2) is 0 Å². The molecule has 0 aromatic carbocycles. The van der Waals surface area contributed by atoms with Gasteiger partial charge in [0.1, 0.15) is 6.10 Å². The van der Waals surface area contributed by atoms with Crippen LogP contribution in [0.1, 0.15) is 131 Å². The van der Waals surface area contributed by atoms with Gasteiger partial charge in [-0.2, -0.15) is 0 Å². The molecule has 8 atom stereocenters. The molecule has 6 nitrogen and oxygen atoms in total. The van der Waals surface area contributed by atoms with E-state index in [9.17, 15) is 9.59 Å². The second-order valence-corrected chi connectivity index (χ2v) is 17.8. The van der Waals surface area contributed by atoms with E-state index >= 15 is 0 Å². The summed E-state index contributed by atoms with van der Waals surface area (Å²) in [6.45, 7) is 15.9. The predicted molar refractivity (Wildman–Crippen MR) is 195 cm³/mol. The number of ether oxygens (including phenoxy) is 1. The van der Waals surface area contributed by atoms with E-state index in [1.54, 1.807) is 5.57 Å². The molecule has 0 bridgehead atoms. The van der Waals surface area contributed by atoms with Gasteiger partial charge >= 0.3 is 5.97 Å². The molecule has 4 rings (SSSR count). The van der Waals surface area contributed by atoms with Gasteiger partial charge in [0.05, 0.1) is 6.42 Å². The maximum Gasteiger partial charge on any atom is 0.306 e. The Kier molecular flexibility index (Phi) is 13.9. The van der Waals surface area contributed by atoms with Crippen molar-refractivity contribution < 1.29 is 14.3 Å². The van der Waals surface area contributed by atoms with Crippen LogP contribution in [0.3, 0.4) is 0 Å². The second-order valence-electron chi connectivity index (χ2n) is 17.8. The maximum atomic E-state index is 13.2. The van der Waals surface area contributed by atoms with Crippen LogP contribution in [0.2, 0.25) is 0 Å². The lowest BCUT2D eigenvalue weighted by molar-refractivity contribution is -0.153. The first-order valence-electron chi connectivity index (χ1n) is 19.7. The zero-order valence-corrected chi connectivity index (χ0v) is 32.1. The fourth-order valence-electron chi connectivity index (χ4n) is 10.9. The highest BCUT2D eigenvalue weighted by atomic mass is 16.5. The molecular weight excluding hydrogens is 582 g/mol. The molecule has 6 heteroatoms. The maximum absolute atomic E-state index is 13.2. The van der Waals surface area contributed by atoms with E-state index in [4.69, 9.17) is 4.74 Å². The van der Waals surface area contributed by atoms with E-state index < -0.39 is 0 Å². The normalized spacial score (nSPS) is 32.5. The highest BCUT2D eigenvalue weighted by molar-refractivity contribution is 5.81. The summed E-state index contributed by atoms with van der Waals surface area (Å²) < 4.78 is 6.09. The van der Waals surface area contributed by atoms with Crippen LogP contribution in [0.4, 0.5) is 0 Å². The summed E-state index contributed by atoms with van der Waals surface area (Å²) in [6, 6.07) is 0. The molecule has 0 radical (unpaired) electrons. The SMILES string of the molecule is CC(C)CCCC(C)C1CCC2C3CC=C4CC(OC(=O)CCC(=O)N(CCCN(C)C)CCCN(C)C)CCC4(C)C3CCC12C. The molecule has 0 aromatic heterocycles. The number of hydrogen-bond acceptors (Lipinski definition) is 5. The lowest BCUT2D eigenvalue weighted by Gasteiger charge is -2.58. The Morgan fingerprint density at radius 1 is 0.830 bits per heavy atom. The van der Waals surface area contributed by atoms with Crippen molar-refractivity contribution in [1.29, 1.82) is 0 Å². The summed E-state index contributed by atoms with van der Waals surface area (Å²) in [4.78, 5) is 32.5. The average molecular weight is 656 g/mol. The average Bonchev–Trinajstić information content (AvgIpc) is 3.36. The van der Waals surface area contributed by atoms with Gasteiger partial charge in [-0.1, -0.05) is 65.5 Å². The number of nitrogens with zero attached hydrogens (tertiary/aromatic N) is 3. The van der Waals surface area contributed by atoms with Crippen LogP contribution in [0.5, 0.6) is 0 Å². The molecule has 47 heavy (non-hydrogen) atoms. The van der Waals surface area contributed by atoms with E-state index in [1.807, 2.05) is 4.90 Å². The quantitative estimate of drug-likeness (QED) is 0.116. The van der Waals surface area contributed by atoms with Crippen molar-refractivity contribution in [3.63, 3.8) is 0 Å². The molecule has 1 amide bonds. The molecule has 8 unspecified atom stereocenters. The van der Waals surface area contributed by atoms with E-state index in [1.165, 1.54) is 51.4 Å². The molecule has 3 saturated carbocycles. The van der Waals surface area contributed by atoms with E-state index in [2.05, 4.69) is 78.7 Å². The van der Waals surface area contributed by atoms with E-state index in [-0.39, 0.29) is 36.2 Å². The topological polar surface area (TPSA) is 53.1 Å². The first-order chi connectivity index (χ1) is 22.2. The minimum atomic E-state index is -0.198. The summed E-state index contributed by atoms with van der Waals surface area (Å²) in [7, 11) is 8.26. The molecule has 0 heterocycles. The summed E-state index contributed by atoms with van der Waals surface area (Å²) in [5.74, 6) is 4.90. The van der Waals surface area contributed by atoms with Crippen LogP contribution >= 0.6 is 0 Å². The van der Waals surface area contributed by atoms with Crippen molar-refractivity contribution in [3.8, 4) is 0 Å². The first kappa shape index (κ1) is 38.4. The van der Waals surface area contributed by atoms with Crippen molar-refractivity contribution in [3.05, 3.63) is 11.6 Å². The third-order valence-corrected chi connectivity index (χ3v) is 13.5. The predicted octanol–water partition coefficient (Wildman–Crippen LogP) is 8.45. The third-order valence-electron chi connectivity index (χ3n) is 13.5. The summed E-state index contributed by atoms with van der Waals surface area (Å²) in [5.41, 5.74) is 2.33. The van der Waals surface area contributed by atoms with Gasteiger partial charge in [0, 0.05) is 25.9 Å². The van der Waals surface area contributed by atoms with Gasteiger partial charge in [-0.3, -0.25) is 9.59 Å². The number of hydrogen-bond donors (Lipinski definition) is 0. The number of fused-ring (bicyclic) bond motifs is 5. The summed E-state index contributed by atoms with van der Waals surface area (Å²) in [6.07, 6.45) is 18.9. The van der Waals surface area contributed by atoms with Crippen LogP contribution < -0.4 is 0 Å². The standard InChI is InChI=1S/C41H73N3O3/c1-30(2)13-10-14-31(3)35-17-18-36-34-16-15-32-29-33(21-23-40(32,4)37(34)22-24-41(35,36)5)47-39(46)20-19-38(45)44(27-11-25-42(6)7)28-12-26-43(8)9/h15,30-31,33-37H,10-14,16-29H2,1-9H3. The fourth-order valence-corrected chi connectivity index (χ4v) is 10.9. The second kappa shape index (κ2) is 17.0. The van der Waals surface area contributed by atoms with Crippen molar-refractivity contribution in [2.75, 3.05) is 54.4 Å². The highest BCUT2D eigenvalue weighted by Gasteiger charge is 2.59. The number of amides is 1. The molecule has 3 fully saturated rings. The Hall–Kier alpha value is -1.40. The number of carbonyl (C=O) groups is 2. The van der Waals surface area contributed by atoms with E-state index in [0.717, 1.165) is 93.8 Å². The van der Waals surface area contributed by atoms with E-state index in [0.29, 0.717) is 5.41 Å². The molecule has 4 aliphatic carbocycles. The van der Waals surface area contributed by atoms with Crippen LogP contribution in [0.25, 0.3) is 0 Å². The van der Waals surface area contributed by atoms with Gasteiger partial charge < -0.3 is 19.4 Å². The molecule has 4 aliphatic rings. The number of allylic oxidation sites excluding steroid dienone is 1. The number of esters is 1. The van der Waals surface area contributed by atoms with Crippen molar-refractivity contribution in [2.24, 2.45) is 46.3 Å². The molecule has 0 aliphatic heterocycles. The number of carbonyl (C=O) groups excluding carboxylic acids is 2. The molecule has 0 saturated heterocycles. The van der Waals surface area contributed by atoms with Gasteiger partial charge in [-0.15, -0.1) is 0 Å². The Balaban J connectivity index is 1.29. The molecular formula is C41H73N3O3.